The van der Waals surface area contributed by atoms with Gasteiger partial charge in [-0.25, -0.2) is 9.67 Å². The van der Waals surface area contributed by atoms with E-state index in [-0.39, 0.29) is 6.04 Å². The summed E-state index contributed by atoms with van der Waals surface area (Å²) in [6.45, 7) is 2.42. The number of hydrogen-bond donors (Lipinski definition) is 2. The summed E-state index contributed by atoms with van der Waals surface area (Å²) >= 11 is 3.44. The molecule has 1 aliphatic heterocycles. The summed E-state index contributed by atoms with van der Waals surface area (Å²) in [6.07, 6.45) is 1.87. The van der Waals surface area contributed by atoms with Crippen molar-refractivity contribution in [2.45, 2.75) is 32.0 Å². The molecule has 0 amide bonds. The van der Waals surface area contributed by atoms with Gasteiger partial charge in [0.25, 0.3) is 0 Å². The lowest BCUT2D eigenvalue weighted by Gasteiger charge is -2.25. The van der Waals surface area contributed by atoms with Crippen LogP contribution in [-0.2, 0) is 24.3 Å². The van der Waals surface area contributed by atoms with Crippen molar-refractivity contribution in [2.75, 3.05) is 27.3 Å². The number of methoxy groups -OCH3 is 1. The number of aromatic nitrogens is 3. The quantitative estimate of drug-likeness (QED) is 0.390. The van der Waals surface area contributed by atoms with Crippen LogP contribution in [0.5, 0.6) is 5.75 Å². The Labute approximate surface area is 167 Å². The average molecular weight is 437 g/mol. The Bertz CT molecular complexity index is 779. The molecule has 0 spiro atoms. The summed E-state index contributed by atoms with van der Waals surface area (Å²) in [5.74, 6) is 3.36. The second-order valence-corrected chi connectivity index (χ2v) is 7.16. The summed E-state index contributed by atoms with van der Waals surface area (Å²) < 4.78 is 13.8. The minimum atomic E-state index is 0.256. The van der Waals surface area contributed by atoms with Gasteiger partial charge in [0.2, 0.25) is 0 Å². The Kier molecular flexibility index (Phi) is 7.05. The van der Waals surface area contributed by atoms with Gasteiger partial charge in [-0.2, -0.15) is 5.10 Å². The first-order valence-electron chi connectivity index (χ1n) is 8.95. The number of aryl methyl sites for hydroxylation is 1. The molecule has 0 saturated carbocycles. The molecule has 3 rings (SSSR count). The first-order valence-corrected chi connectivity index (χ1v) is 9.74. The zero-order valence-corrected chi connectivity index (χ0v) is 17.2. The first kappa shape index (κ1) is 19.6. The van der Waals surface area contributed by atoms with E-state index < -0.39 is 0 Å². The number of rotatable bonds is 7. The highest BCUT2D eigenvalue weighted by Gasteiger charge is 2.22. The molecule has 0 bridgehead atoms. The highest BCUT2D eigenvalue weighted by atomic mass is 79.9. The van der Waals surface area contributed by atoms with E-state index in [0.29, 0.717) is 19.8 Å². The van der Waals surface area contributed by atoms with E-state index in [1.807, 2.05) is 28.9 Å². The molecule has 8 nitrogen and oxygen atoms in total. The van der Waals surface area contributed by atoms with E-state index in [0.717, 1.165) is 47.2 Å². The maximum atomic E-state index is 5.73. The fourth-order valence-electron chi connectivity index (χ4n) is 2.95. The number of nitrogens with one attached hydrogen (secondary N) is 2. The van der Waals surface area contributed by atoms with Gasteiger partial charge in [0.1, 0.15) is 24.8 Å². The van der Waals surface area contributed by atoms with Crippen molar-refractivity contribution in [2.24, 2.45) is 4.99 Å². The van der Waals surface area contributed by atoms with Crippen molar-refractivity contribution >= 4 is 21.9 Å². The Morgan fingerprint density at radius 3 is 3.11 bits per heavy atom. The molecule has 2 N–H and O–H groups in total. The molecule has 27 heavy (non-hydrogen) atoms. The summed E-state index contributed by atoms with van der Waals surface area (Å²) in [5, 5.41) is 11.2. The predicted octanol–water partition coefficient (Wildman–Crippen LogP) is 1.75. The smallest absolute Gasteiger partial charge is 0.191 e. The molecule has 9 heteroatoms. The molecule has 0 aliphatic carbocycles. The highest BCUT2D eigenvalue weighted by Crippen LogP contribution is 2.17. The lowest BCUT2D eigenvalue weighted by atomic mass is 10.1. The SMILES string of the molecule is CN=C(NCCOc1cccc(Br)c1)NC1CCc2nc(COC)nn2C1. The molecule has 1 unspecified atom stereocenters. The summed E-state index contributed by atoms with van der Waals surface area (Å²) in [7, 11) is 3.42. The second kappa shape index (κ2) is 9.70. The molecule has 0 saturated heterocycles. The molecular weight excluding hydrogens is 412 g/mol. The van der Waals surface area contributed by atoms with E-state index >= 15 is 0 Å². The molecule has 1 atom stereocenters. The summed E-state index contributed by atoms with van der Waals surface area (Å²) in [4.78, 5) is 8.80. The number of nitrogens with zero attached hydrogens (tertiary/aromatic N) is 4. The van der Waals surface area contributed by atoms with Crippen molar-refractivity contribution in [3.05, 3.63) is 40.4 Å². The Hall–Kier alpha value is -2.13. The highest BCUT2D eigenvalue weighted by molar-refractivity contribution is 9.10. The second-order valence-electron chi connectivity index (χ2n) is 6.24. The van der Waals surface area contributed by atoms with Gasteiger partial charge in [-0.15, -0.1) is 0 Å². The molecule has 2 aromatic rings. The van der Waals surface area contributed by atoms with Crippen LogP contribution >= 0.6 is 15.9 Å². The van der Waals surface area contributed by atoms with Crippen molar-refractivity contribution in [1.82, 2.24) is 25.4 Å². The molecule has 1 aromatic heterocycles. The number of halogens is 1. The maximum absolute atomic E-state index is 5.73. The molecule has 2 heterocycles. The molecule has 146 valence electrons. The van der Waals surface area contributed by atoms with Crippen LogP contribution < -0.4 is 15.4 Å². The van der Waals surface area contributed by atoms with Crippen LogP contribution in [0, 0.1) is 0 Å². The lowest BCUT2D eigenvalue weighted by molar-refractivity contribution is 0.177. The Morgan fingerprint density at radius 1 is 1.44 bits per heavy atom. The van der Waals surface area contributed by atoms with E-state index in [2.05, 4.69) is 41.6 Å². The van der Waals surface area contributed by atoms with Gasteiger partial charge >= 0.3 is 0 Å². The normalized spacial score (nSPS) is 16.7. The first-order chi connectivity index (χ1) is 13.2. The minimum Gasteiger partial charge on any atom is -0.492 e. The third-order valence-corrected chi connectivity index (χ3v) is 4.69. The number of benzene rings is 1. The van der Waals surface area contributed by atoms with E-state index in [4.69, 9.17) is 9.47 Å². The maximum Gasteiger partial charge on any atom is 0.191 e. The number of fused-ring (bicyclic) bond motifs is 1. The van der Waals surface area contributed by atoms with Crippen LogP contribution in [0.25, 0.3) is 0 Å². The number of hydrogen-bond acceptors (Lipinski definition) is 5. The molecule has 1 aromatic carbocycles. The van der Waals surface area contributed by atoms with Gasteiger partial charge in [0, 0.05) is 31.1 Å². The van der Waals surface area contributed by atoms with Crippen LogP contribution in [0.15, 0.2) is 33.7 Å². The van der Waals surface area contributed by atoms with Crippen molar-refractivity contribution in [1.29, 1.82) is 0 Å². The monoisotopic (exact) mass is 436 g/mol. The number of ether oxygens (including phenoxy) is 2. The van der Waals surface area contributed by atoms with Crippen molar-refractivity contribution in [3.8, 4) is 5.75 Å². The number of guanidine groups is 1. The summed E-state index contributed by atoms with van der Waals surface area (Å²) in [5.41, 5.74) is 0. The van der Waals surface area contributed by atoms with Crippen LogP contribution in [0.1, 0.15) is 18.1 Å². The van der Waals surface area contributed by atoms with Crippen LogP contribution in [0.4, 0.5) is 0 Å². The minimum absolute atomic E-state index is 0.256. The van der Waals surface area contributed by atoms with Gasteiger partial charge < -0.3 is 20.1 Å². The van der Waals surface area contributed by atoms with Gasteiger partial charge in [-0.3, -0.25) is 4.99 Å². The van der Waals surface area contributed by atoms with Crippen molar-refractivity contribution < 1.29 is 9.47 Å². The zero-order valence-electron chi connectivity index (χ0n) is 15.6. The van der Waals surface area contributed by atoms with E-state index in [1.165, 1.54) is 0 Å². The van der Waals surface area contributed by atoms with E-state index in [9.17, 15) is 0 Å². The van der Waals surface area contributed by atoms with Crippen LogP contribution in [-0.4, -0.2) is 54.1 Å². The van der Waals surface area contributed by atoms with Gasteiger partial charge in [-0.05, 0) is 24.6 Å². The fourth-order valence-corrected chi connectivity index (χ4v) is 3.33. The molecular formula is C18H25BrN6O2. The Balaban J connectivity index is 1.43. The van der Waals surface area contributed by atoms with Gasteiger partial charge in [0.05, 0.1) is 13.1 Å². The standard InChI is InChI=1S/C18H25BrN6O2/c1-20-18(21-8-9-27-15-5-3-4-13(19)10-15)22-14-6-7-17-23-16(12-26-2)24-25(17)11-14/h3-5,10,14H,6-9,11-12H2,1-2H3,(H2,20,21,22). The average Bonchev–Trinajstić information content (AvgIpc) is 3.06. The topological polar surface area (TPSA) is 85.6 Å². The lowest BCUT2D eigenvalue weighted by Crippen LogP contribution is -2.47. The van der Waals surface area contributed by atoms with Crippen LogP contribution in [0.3, 0.4) is 0 Å². The third kappa shape index (κ3) is 5.67. The van der Waals surface area contributed by atoms with Gasteiger partial charge in [0.15, 0.2) is 11.8 Å². The third-order valence-electron chi connectivity index (χ3n) is 4.20. The molecule has 0 fully saturated rings. The fraction of sp³-hybridized carbons (Fsp3) is 0.500. The van der Waals surface area contributed by atoms with E-state index in [1.54, 1.807) is 14.2 Å². The predicted molar refractivity (Wildman–Crippen MR) is 107 cm³/mol. The molecule has 1 aliphatic rings. The van der Waals surface area contributed by atoms with Crippen LogP contribution in [0.2, 0.25) is 0 Å². The molecule has 0 radical (unpaired) electrons. The summed E-state index contributed by atoms with van der Waals surface area (Å²) in [6, 6.07) is 8.06. The van der Waals surface area contributed by atoms with Crippen molar-refractivity contribution in [3.63, 3.8) is 0 Å². The largest absolute Gasteiger partial charge is 0.492 e. The van der Waals surface area contributed by atoms with Gasteiger partial charge in [-0.1, -0.05) is 22.0 Å². The Morgan fingerprint density at radius 2 is 2.33 bits per heavy atom. The zero-order chi connectivity index (χ0) is 19.1. The number of aliphatic imine (C=N–C) groups is 1.